The van der Waals surface area contributed by atoms with Gasteiger partial charge >= 0.3 is 0 Å². The highest BCUT2D eigenvalue weighted by molar-refractivity contribution is 7.88. The van der Waals surface area contributed by atoms with Crippen LogP contribution in [0.1, 0.15) is 35.7 Å². The van der Waals surface area contributed by atoms with Crippen molar-refractivity contribution < 1.29 is 8.42 Å². The molecule has 0 bridgehead atoms. The molecule has 0 saturated carbocycles. The Labute approximate surface area is 172 Å². The number of nitrogens with one attached hydrogen (secondary N) is 2. The third-order valence-corrected chi connectivity index (χ3v) is 6.25. The predicted molar refractivity (Wildman–Crippen MR) is 116 cm³/mol. The van der Waals surface area contributed by atoms with Crippen LogP contribution in [0.4, 0.5) is 0 Å². The fourth-order valence-electron chi connectivity index (χ4n) is 2.74. The Morgan fingerprint density at radius 1 is 1.25 bits per heavy atom. The summed E-state index contributed by atoms with van der Waals surface area (Å²) in [5.41, 5.74) is 2.84. The number of hydrogen-bond donors (Lipinski definition) is 2. The van der Waals surface area contributed by atoms with Gasteiger partial charge in [0.25, 0.3) is 0 Å². The lowest BCUT2D eigenvalue weighted by Gasteiger charge is -2.21. The predicted octanol–water partition coefficient (Wildman–Crippen LogP) is 2.49. The Kier molecular flexibility index (Phi) is 7.97. The SMILES string of the molecule is CN=C(NCc1ccc(CS(=O)(=O)NC(C)C)cc1)N(C)Cc1csc(C)n1. The number of guanidine groups is 1. The van der Waals surface area contributed by atoms with Crippen LogP contribution in [0.25, 0.3) is 0 Å². The smallest absolute Gasteiger partial charge is 0.216 e. The maximum atomic E-state index is 12.0. The van der Waals surface area contributed by atoms with E-state index in [1.807, 2.05) is 57.0 Å². The number of aryl methyl sites for hydroxylation is 1. The van der Waals surface area contributed by atoms with Crippen molar-refractivity contribution in [2.45, 2.75) is 45.7 Å². The molecular formula is C19H29N5O2S2. The quantitative estimate of drug-likeness (QED) is 0.503. The lowest BCUT2D eigenvalue weighted by Crippen LogP contribution is -2.38. The molecule has 2 aromatic rings. The number of nitrogens with zero attached hydrogens (tertiary/aromatic N) is 3. The summed E-state index contributed by atoms with van der Waals surface area (Å²) < 4.78 is 26.7. The number of rotatable bonds is 8. The second-order valence-corrected chi connectivity index (χ2v) is 9.78. The van der Waals surface area contributed by atoms with E-state index in [1.54, 1.807) is 18.4 Å². The van der Waals surface area contributed by atoms with Crippen molar-refractivity contribution in [1.29, 1.82) is 0 Å². The molecule has 1 aromatic carbocycles. The molecule has 0 unspecified atom stereocenters. The number of thiazole rings is 1. The Morgan fingerprint density at radius 2 is 1.89 bits per heavy atom. The van der Waals surface area contributed by atoms with E-state index in [9.17, 15) is 8.42 Å². The highest BCUT2D eigenvalue weighted by Crippen LogP contribution is 2.11. The first-order valence-corrected chi connectivity index (χ1v) is 11.6. The van der Waals surface area contributed by atoms with Crippen LogP contribution in [-0.4, -0.2) is 44.4 Å². The molecule has 7 nitrogen and oxygen atoms in total. The molecule has 0 aliphatic carbocycles. The van der Waals surface area contributed by atoms with Crippen LogP contribution in [-0.2, 0) is 28.9 Å². The van der Waals surface area contributed by atoms with E-state index >= 15 is 0 Å². The van der Waals surface area contributed by atoms with Gasteiger partial charge in [0.05, 0.1) is 23.0 Å². The molecule has 2 N–H and O–H groups in total. The van der Waals surface area contributed by atoms with Crippen LogP contribution in [0.3, 0.4) is 0 Å². The van der Waals surface area contributed by atoms with Crippen LogP contribution >= 0.6 is 11.3 Å². The van der Waals surface area contributed by atoms with Crippen LogP contribution in [0.5, 0.6) is 0 Å². The molecule has 1 heterocycles. The van der Waals surface area contributed by atoms with Gasteiger partial charge in [-0.25, -0.2) is 18.1 Å². The van der Waals surface area contributed by atoms with Crippen LogP contribution in [0.2, 0.25) is 0 Å². The summed E-state index contributed by atoms with van der Waals surface area (Å²) in [6.45, 7) is 6.90. The van der Waals surface area contributed by atoms with E-state index in [2.05, 4.69) is 25.4 Å². The number of aliphatic imine (C=N–C) groups is 1. The lowest BCUT2D eigenvalue weighted by atomic mass is 10.1. The summed E-state index contributed by atoms with van der Waals surface area (Å²) >= 11 is 1.64. The van der Waals surface area contributed by atoms with E-state index in [1.165, 1.54) is 0 Å². The minimum atomic E-state index is -3.31. The molecule has 2 rings (SSSR count). The molecule has 0 amide bonds. The molecule has 0 aliphatic rings. The van der Waals surface area contributed by atoms with Gasteiger partial charge in [-0.05, 0) is 31.9 Å². The Morgan fingerprint density at radius 3 is 2.43 bits per heavy atom. The summed E-state index contributed by atoms with van der Waals surface area (Å²) in [4.78, 5) is 10.8. The molecule has 1 aromatic heterocycles. The van der Waals surface area contributed by atoms with Gasteiger partial charge in [0.1, 0.15) is 0 Å². The maximum absolute atomic E-state index is 12.0. The van der Waals surface area contributed by atoms with E-state index in [0.717, 1.165) is 27.8 Å². The van der Waals surface area contributed by atoms with Crippen molar-refractivity contribution in [1.82, 2.24) is 19.9 Å². The Bertz CT molecular complexity index is 889. The van der Waals surface area contributed by atoms with Crippen molar-refractivity contribution >= 4 is 27.3 Å². The van der Waals surface area contributed by atoms with Gasteiger partial charge in [-0.2, -0.15) is 0 Å². The summed E-state index contributed by atoms with van der Waals surface area (Å²) in [6, 6.07) is 7.46. The first-order valence-electron chi connectivity index (χ1n) is 9.09. The Hall–Kier alpha value is -1.97. The monoisotopic (exact) mass is 423 g/mol. The number of benzene rings is 1. The van der Waals surface area contributed by atoms with Crippen molar-refractivity contribution in [3.05, 3.63) is 51.5 Å². The molecule has 0 aliphatic heterocycles. The largest absolute Gasteiger partial charge is 0.352 e. The van der Waals surface area contributed by atoms with Gasteiger partial charge in [-0.3, -0.25) is 4.99 Å². The number of aromatic nitrogens is 1. The van der Waals surface area contributed by atoms with Gasteiger partial charge in [-0.1, -0.05) is 24.3 Å². The Balaban J connectivity index is 1.90. The number of hydrogen-bond acceptors (Lipinski definition) is 5. The number of sulfonamides is 1. The van der Waals surface area contributed by atoms with Gasteiger partial charge in [0, 0.05) is 32.1 Å². The summed E-state index contributed by atoms with van der Waals surface area (Å²) in [6.07, 6.45) is 0. The first-order chi connectivity index (χ1) is 13.2. The molecule has 28 heavy (non-hydrogen) atoms. The highest BCUT2D eigenvalue weighted by Gasteiger charge is 2.13. The van der Waals surface area contributed by atoms with E-state index in [-0.39, 0.29) is 11.8 Å². The molecule has 0 spiro atoms. The zero-order valence-corrected chi connectivity index (χ0v) is 18.7. The molecule has 0 atom stereocenters. The topological polar surface area (TPSA) is 86.7 Å². The molecule has 0 saturated heterocycles. The molecule has 0 fully saturated rings. The minimum absolute atomic E-state index is 0.0175. The van der Waals surface area contributed by atoms with Gasteiger partial charge in [-0.15, -0.1) is 11.3 Å². The fraction of sp³-hybridized carbons (Fsp3) is 0.474. The lowest BCUT2D eigenvalue weighted by molar-refractivity contribution is 0.470. The third-order valence-electron chi connectivity index (χ3n) is 3.88. The second-order valence-electron chi connectivity index (χ2n) is 6.96. The standard InChI is InChI=1S/C19H29N5O2S2/c1-14(2)23-28(25,26)13-17-8-6-16(7-9-17)10-21-19(20-4)24(5)11-18-12-27-15(3)22-18/h6-9,12,14,23H,10-11,13H2,1-5H3,(H,20,21). The fourth-order valence-corrected chi connectivity index (χ4v) is 4.77. The van der Waals surface area contributed by atoms with Crippen molar-refractivity contribution in [2.75, 3.05) is 14.1 Å². The van der Waals surface area contributed by atoms with Crippen molar-refractivity contribution in [2.24, 2.45) is 4.99 Å². The van der Waals surface area contributed by atoms with E-state index < -0.39 is 10.0 Å². The molecule has 154 valence electrons. The van der Waals surface area contributed by atoms with Gasteiger partial charge in [0.2, 0.25) is 10.0 Å². The van der Waals surface area contributed by atoms with Crippen molar-refractivity contribution in [3.8, 4) is 0 Å². The van der Waals surface area contributed by atoms with Crippen LogP contribution in [0.15, 0.2) is 34.6 Å². The highest BCUT2D eigenvalue weighted by atomic mass is 32.2. The minimum Gasteiger partial charge on any atom is -0.352 e. The zero-order chi connectivity index (χ0) is 20.7. The normalized spacial score (nSPS) is 12.4. The second kappa shape index (κ2) is 9.99. The summed E-state index contributed by atoms with van der Waals surface area (Å²) in [7, 11) is 0.411. The average Bonchev–Trinajstić information content (AvgIpc) is 3.00. The third kappa shape index (κ3) is 7.21. The van der Waals surface area contributed by atoms with Gasteiger partial charge < -0.3 is 10.2 Å². The first kappa shape index (κ1) is 22.3. The molecule has 9 heteroatoms. The van der Waals surface area contributed by atoms with E-state index in [0.29, 0.717) is 13.1 Å². The van der Waals surface area contributed by atoms with Crippen LogP contribution < -0.4 is 10.0 Å². The molecular weight excluding hydrogens is 394 g/mol. The van der Waals surface area contributed by atoms with Crippen LogP contribution in [0, 0.1) is 6.92 Å². The summed E-state index contributed by atoms with van der Waals surface area (Å²) in [5, 5.41) is 6.44. The summed E-state index contributed by atoms with van der Waals surface area (Å²) in [5.74, 6) is 0.759. The zero-order valence-electron chi connectivity index (χ0n) is 17.1. The molecule has 0 radical (unpaired) electrons. The maximum Gasteiger partial charge on any atom is 0.216 e. The van der Waals surface area contributed by atoms with Gasteiger partial charge in [0.15, 0.2) is 5.96 Å². The van der Waals surface area contributed by atoms with E-state index in [4.69, 9.17) is 0 Å². The van der Waals surface area contributed by atoms with Crippen molar-refractivity contribution in [3.63, 3.8) is 0 Å². The average molecular weight is 424 g/mol.